The number of nitrogens with two attached hydrogens (primary N) is 1. The van der Waals surface area contributed by atoms with Gasteiger partial charge in [0.2, 0.25) is 0 Å². The molecule has 2 N–H and O–H groups in total. The minimum absolute atomic E-state index is 0.185. The first-order valence-electron chi connectivity index (χ1n) is 5.28. The van der Waals surface area contributed by atoms with Crippen molar-refractivity contribution in [3.8, 4) is 0 Å². The number of carbonyl (C=O) groups excluding carboxylic acids is 1. The van der Waals surface area contributed by atoms with Crippen molar-refractivity contribution in [1.29, 1.82) is 0 Å². The second-order valence-electron chi connectivity index (χ2n) is 3.58. The fourth-order valence-corrected chi connectivity index (χ4v) is 1.55. The van der Waals surface area contributed by atoms with E-state index in [0.29, 0.717) is 13.2 Å². The zero-order valence-electron chi connectivity index (χ0n) is 9.28. The summed E-state index contributed by atoms with van der Waals surface area (Å²) in [5.74, 6) is -0.400. The molecule has 88 valence electrons. The van der Waals surface area contributed by atoms with Gasteiger partial charge in [-0.25, -0.2) is 0 Å². The first kappa shape index (κ1) is 13.2. The molecule has 1 aromatic rings. The molecule has 1 atom stereocenters. The van der Waals surface area contributed by atoms with Crippen LogP contribution in [0.3, 0.4) is 0 Å². The summed E-state index contributed by atoms with van der Waals surface area (Å²) in [5.41, 5.74) is 6.44. The largest absolute Gasteiger partial charge is 0.461 e. The molecule has 0 aliphatic rings. The summed E-state index contributed by atoms with van der Waals surface area (Å²) in [4.78, 5) is 11.5. The number of carbonyl (C=O) groups is 1. The topological polar surface area (TPSA) is 52.3 Å². The van der Waals surface area contributed by atoms with Crippen LogP contribution in [0, 0.1) is 5.92 Å². The van der Waals surface area contributed by atoms with Crippen LogP contribution in [-0.2, 0) is 16.1 Å². The lowest BCUT2D eigenvalue weighted by Crippen LogP contribution is -2.24. The smallest absolute Gasteiger partial charge is 0.310 e. The van der Waals surface area contributed by atoms with Gasteiger partial charge >= 0.3 is 5.97 Å². The maximum atomic E-state index is 11.5. The van der Waals surface area contributed by atoms with Gasteiger partial charge in [0, 0.05) is 11.0 Å². The van der Waals surface area contributed by atoms with E-state index in [4.69, 9.17) is 10.5 Å². The Kier molecular flexibility index (Phi) is 5.49. The minimum atomic E-state index is -0.215. The SMILES string of the molecule is CCC(CN)C(=O)OCc1ccc(Br)cc1. The molecule has 0 saturated carbocycles. The van der Waals surface area contributed by atoms with E-state index in [0.717, 1.165) is 16.5 Å². The average molecular weight is 286 g/mol. The highest BCUT2D eigenvalue weighted by atomic mass is 79.9. The van der Waals surface area contributed by atoms with Gasteiger partial charge in [0.15, 0.2) is 0 Å². The van der Waals surface area contributed by atoms with E-state index < -0.39 is 0 Å². The molecule has 0 amide bonds. The molecule has 16 heavy (non-hydrogen) atoms. The Bertz CT molecular complexity index is 333. The van der Waals surface area contributed by atoms with E-state index in [2.05, 4.69) is 15.9 Å². The molecule has 1 aromatic carbocycles. The number of ether oxygens (including phenoxy) is 1. The highest BCUT2D eigenvalue weighted by molar-refractivity contribution is 9.10. The number of halogens is 1. The highest BCUT2D eigenvalue weighted by Gasteiger charge is 2.15. The van der Waals surface area contributed by atoms with Crippen molar-refractivity contribution in [2.45, 2.75) is 20.0 Å². The third-order valence-electron chi connectivity index (χ3n) is 2.41. The fourth-order valence-electron chi connectivity index (χ4n) is 1.28. The number of benzene rings is 1. The Morgan fingerprint density at radius 3 is 2.56 bits per heavy atom. The van der Waals surface area contributed by atoms with Gasteiger partial charge in [-0.05, 0) is 24.1 Å². The van der Waals surface area contributed by atoms with Crippen LogP contribution < -0.4 is 5.73 Å². The molecule has 0 aliphatic carbocycles. The molecule has 0 aliphatic heterocycles. The maximum Gasteiger partial charge on any atom is 0.310 e. The predicted octanol–water partition coefficient (Wildman–Crippen LogP) is 2.48. The molecular weight excluding hydrogens is 270 g/mol. The van der Waals surface area contributed by atoms with Gasteiger partial charge in [0.05, 0.1) is 5.92 Å². The van der Waals surface area contributed by atoms with Crippen LogP contribution in [0.15, 0.2) is 28.7 Å². The van der Waals surface area contributed by atoms with E-state index in [1.54, 1.807) is 0 Å². The Morgan fingerprint density at radius 2 is 2.06 bits per heavy atom. The second-order valence-corrected chi connectivity index (χ2v) is 4.49. The quantitative estimate of drug-likeness (QED) is 0.846. The van der Waals surface area contributed by atoms with Crippen LogP contribution in [0.2, 0.25) is 0 Å². The number of hydrogen-bond acceptors (Lipinski definition) is 3. The number of hydrogen-bond donors (Lipinski definition) is 1. The Morgan fingerprint density at radius 1 is 1.44 bits per heavy atom. The van der Waals surface area contributed by atoms with Crippen molar-refractivity contribution >= 4 is 21.9 Å². The van der Waals surface area contributed by atoms with Gasteiger partial charge in [-0.1, -0.05) is 35.0 Å². The highest BCUT2D eigenvalue weighted by Crippen LogP contribution is 2.12. The fraction of sp³-hybridized carbons (Fsp3) is 0.417. The maximum absolute atomic E-state index is 11.5. The first-order chi connectivity index (χ1) is 7.67. The molecule has 1 unspecified atom stereocenters. The van der Waals surface area contributed by atoms with Gasteiger partial charge in [-0.2, -0.15) is 0 Å². The Hall–Kier alpha value is -0.870. The van der Waals surface area contributed by atoms with Gasteiger partial charge < -0.3 is 10.5 Å². The molecular formula is C12H16BrNO2. The Labute approximate surface area is 104 Å². The normalized spacial score (nSPS) is 12.2. The van der Waals surface area contributed by atoms with Crippen molar-refractivity contribution in [2.24, 2.45) is 11.7 Å². The lowest BCUT2D eigenvalue weighted by molar-refractivity contribution is -0.149. The van der Waals surface area contributed by atoms with E-state index in [1.807, 2.05) is 31.2 Å². The third kappa shape index (κ3) is 3.94. The summed E-state index contributed by atoms with van der Waals surface area (Å²) in [6, 6.07) is 7.67. The monoisotopic (exact) mass is 285 g/mol. The average Bonchev–Trinajstić information content (AvgIpc) is 2.30. The zero-order valence-corrected chi connectivity index (χ0v) is 10.9. The van der Waals surface area contributed by atoms with Gasteiger partial charge in [-0.3, -0.25) is 4.79 Å². The molecule has 0 spiro atoms. The van der Waals surface area contributed by atoms with Crippen LogP contribution in [0.1, 0.15) is 18.9 Å². The van der Waals surface area contributed by atoms with Crippen molar-refractivity contribution in [1.82, 2.24) is 0 Å². The van der Waals surface area contributed by atoms with E-state index in [-0.39, 0.29) is 11.9 Å². The van der Waals surface area contributed by atoms with Crippen LogP contribution in [-0.4, -0.2) is 12.5 Å². The molecule has 0 bridgehead atoms. The van der Waals surface area contributed by atoms with E-state index in [1.165, 1.54) is 0 Å². The number of rotatable bonds is 5. The molecule has 4 heteroatoms. The van der Waals surface area contributed by atoms with Gasteiger partial charge in [-0.15, -0.1) is 0 Å². The van der Waals surface area contributed by atoms with Crippen molar-refractivity contribution in [2.75, 3.05) is 6.54 Å². The van der Waals surface area contributed by atoms with Gasteiger partial charge in [0.1, 0.15) is 6.61 Å². The van der Waals surface area contributed by atoms with Crippen LogP contribution in [0.25, 0.3) is 0 Å². The van der Waals surface area contributed by atoms with E-state index in [9.17, 15) is 4.79 Å². The second kappa shape index (κ2) is 6.66. The van der Waals surface area contributed by atoms with Crippen LogP contribution in [0.4, 0.5) is 0 Å². The van der Waals surface area contributed by atoms with Crippen molar-refractivity contribution in [3.63, 3.8) is 0 Å². The lowest BCUT2D eigenvalue weighted by atomic mass is 10.1. The summed E-state index contributed by atoms with van der Waals surface area (Å²) in [5, 5.41) is 0. The first-order valence-corrected chi connectivity index (χ1v) is 6.07. The zero-order chi connectivity index (χ0) is 12.0. The summed E-state index contributed by atoms with van der Waals surface area (Å²) < 4.78 is 6.19. The molecule has 0 fully saturated rings. The summed E-state index contributed by atoms with van der Waals surface area (Å²) >= 11 is 3.35. The third-order valence-corrected chi connectivity index (χ3v) is 2.93. The van der Waals surface area contributed by atoms with E-state index >= 15 is 0 Å². The molecule has 1 rings (SSSR count). The standard InChI is InChI=1S/C12H16BrNO2/c1-2-10(7-14)12(15)16-8-9-3-5-11(13)6-4-9/h3-6,10H,2,7-8,14H2,1H3. The number of esters is 1. The van der Waals surface area contributed by atoms with Gasteiger partial charge in [0.25, 0.3) is 0 Å². The van der Waals surface area contributed by atoms with Crippen LogP contribution in [0.5, 0.6) is 0 Å². The van der Waals surface area contributed by atoms with Crippen molar-refractivity contribution < 1.29 is 9.53 Å². The summed E-state index contributed by atoms with van der Waals surface area (Å²) in [7, 11) is 0. The molecule has 0 saturated heterocycles. The van der Waals surface area contributed by atoms with Crippen LogP contribution >= 0.6 is 15.9 Å². The molecule has 0 heterocycles. The summed E-state index contributed by atoms with van der Waals surface area (Å²) in [6.45, 7) is 2.58. The molecule has 3 nitrogen and oxygen atoms in total. The predicted molar refractivity (Wildman–Crippen MR) is 66.8 cm³/mol. The minimum Gasteiger partial charge on any atom is -0.461 e. The lowest BCUT2D eigenvalue weighted by Gasteiger charge is -2.11. The van der Waals surface area contributed by atoms with Crippen molar-refractivity contribution in [3.05, 3.63) is 34.3 Å². The summed E-state index contributed by atoms with van der Waals surface area (Å²) in [6.07, 6.45) is 0.718. The molecule has 0 radical (unpaired) electrons. The Balaban J connectivity index is 2.45. The molecule has 0 aromatic heterocycles.